The highest BCUT2D eigenvalue weighted by Gasteiger charge is 2.34. The van der Waals surface area contributed by atoms with Crippen LogP contribution in [0.4, 0.5) is 0 Å². The van der Waals surface area contributed by atoms with Crippen molar-refractivity contribution in [1.82, 2.24) is 15.5 Å². The van der Waals surface area contributed by atoms with E-state index in [2.05, 4.69) is 39.6 Å². The van der Waals surface area contributed by atoms with Crippen LogP contribution in [0.1, 0.15) is 44.2 Å². The predicted molar refractivity (Wildman–Crippen MR) is 112 cm³/mol. The highest BCUT2D eigenvalue weighted by atomic mass is 16.5. The lowest BCUT2D eigenvalue weighted by Crippen LogP contribution is -2.40. The number of hydrogen-bond donors (Lipinski definition) is 2. The number of likely N-dealkylation sites (tertiary alicyclic amines) is 1. The second kappa shape index (κ2) is 8.60. The first kappa shape index (κ1) is 19.4. The zero-order valence-corrected chi connectivity index (χ0v) is 17.5. The molecule has 0 aromatic heterocycles. The van der Waals surface area contributed by atoms with Gasteiger partial charge in [0.2, 0.25) is 0 Å². The van der Waals surface area contributed by atoms with Gasteiger partial charge in [0.1, 0.15) is 17.6 Å². The van der Waals surface area contributed by atoms with Gasteiger partial charge in [0.05, 0.1) is 6.61 Å². The van der Waals surface area contributed by atoms with Crippen LogP contribution in [-0.4, -0.2) is 56.3 Å². The van der Waals surface area contributed by atoms with E-state index < -0.39 is 0 Å². The molecule has 2 unspecified atom stereocenters. The minimum atomic E-state index is 0.240. The van der Waals surface area contributed by atoms with Gasteiger partial charge < -0.3 is 25.0 Å². The molecule has 0 bridgehead atoms. The van der Waals surface area contributed by atoms with Crippen LogP contribution in [0.3, 0.4) is 0 Å². The number of fused-ring (bicyclic) bond motifs is 1. The van der Waals surface area contributed by atoms with Gasteiger partial charge in [0.15, 0.2) is 5.96 Å². The lowest BCUT2D eigenvalue weighted by atomic mass is 10.1. The van der Waals surface area contributed by atoms with Crippen molar-refractivity contribution in [2.24, 2.45) is 10.9 Å². The summed E-state index contributed by atoms with van der Waals surface area (Å²) in [7, 11) is 1.83. The first-order valence-electron chi connectivity index (χ1n) is 10.8. The summed E-state index contributed by atoms with van der Waals surface area (Å²) < 4.78 is 11.8. The maximum absolute atomic E-state index is 5.93. The van der Waals surface area contributed by atoms with Gasteiger partial charge in [-0.25, -0.2) is 0 Å². The maximum Gasteiger partial charge on any atom is 0.191 e. The second-order valence-electron chi connectivity index (χ2n) is 8.32. The Labute approximate surface area is 168 Å². The molecule has 6 nitrogen and oxygen atoms in total. The van der Waals surface area contributed by atoms with E-state index in [1.165, 1.54) is 37.9 Å². The number of guanidine groups is 1. The summed E-state index contributed by atoms with van der Waals surface area (Å²) in [4.78, 5) is 7.05. The Morgan fingerprint density at radius 3 is 2.89 bits per heavy atom. The summed E-state index contributed by atoms with van der Waals surface area (Å²) in [6, 6.07) is 5.14. The molecule has 2 atom stereocenters. The summed E-state index contributed by atoms with van der Waals surface area (Å²) in [5.41, 5.74) is 2.35. The van der Waals surface area contributed by atoms with Gasteiger partial charge in [-0.3, -0.25) is 4.99 Å². The molecule has 1 aromatic rings. The molecular formula is C22H34N4O2. The smallest absolute Gasteiger partial charge is 0.191 e. The highest BCUT2D eigenvalue weighted by molar-refractivity contribution is 5.79. The van der Waals surface area contributed by atoms with Gasteiger partial charge in [-0.15, -0.1) is 0 Å². The average Bonchev–Trinajstić information content (AvgIpc) is 3.31. The van der Waals surface area contributed by atoms with Crippen LogP contribution < -0.4 is 20.1 Å². The van der Waals surface area contributed by atoms with E-state index in [1.54, 1.807) is 0 Å². The number of nitrogens with zero attached hydrogens (tertiary/aromatic N) is 2. The summed E-state index contributed by atoms with van der Waals surface area (Å²) in [6.07, 6.45) is 5.27. The first-order valence-corrected chi connectivity index (χ1v) is 10.8. The molecule has 1 aliphatic carbocycles. The Bertz CT molecular complexity index is 717. The van der Waals surface area contributed by atoms with Crippen molar-refractivity contribution < 1.29 is 9.47 Å². The largest absolute Gasteiger partial charge is 0.494 e. The van der Waals surface area contributed by atoms with Crippen molar-refractivity contribution in [3.63, 3.8) is 0 Å². The number of aliphatic imine (C=N–C) groups is 1. The van der Waals surface area contributed by atoms with E-state index in [4.69, 9.17) is 9.47 Å². The molecule has 1 saturated carbocycles. The van der Waals surface area contributed by atoms with Gasteiger partial charge >= 0.3 is 0 Å². The minimum absolute atomic E-state index is 0.240. The third-order valence-electron chi connectivity index (χ3n) is 5.99. The molecule has 6 heteroatoms. The Hall–Kier alpha value is -1.95. The quantitative estimate of drug-likeness (QED) is 0.557. The van der Waals surface area contributed by atoms with E-state index in [9.17, 15) is 0 Å². The molecule has 2 aliphatic heterocycles. The molecule has 0 radical (unpaired) electrons. The molecule has 2 N–H and O–H groups in total. The monoisotopic (exact) mass is 386 g/mol. The molecule has 28 heavy (non-hydrogen) atoms. The molecule has 2 heterocycles. The molecule has 1 saturated heterocycles. The van der Waals surface area contributed by atoms with Gasteiger partial charge in [-0.05, 0) is 57.7 Å². The minimum Gasteiger partial charge on any atom is -0.494 e. The van der Waals surface area contributed by atoms with E-state index in [1.807, 2.05) is 14.0 Å². The van der Waals surface area contributed by atoms with Crippen LogP contribution in [0, 0.1) is 5.92 Å². The standard InChI is InChI=1S/C22H34N4O2/c1-4-27-20-10-17-9-15(2)28-21(17)11-18(20)13-25-22(23-3)24-12-16-7-8-26(14-16)19-5-6-19/h10-11,15-16,19H,4-9,12-14H2,1-3H3,(H2,23,24,25). The van der Waals surface area contributed by atoms with Crippen LogP contribution >= 0.6 is 0 Å². The Balaban J connectivity index is 1.31. The molecule has 1 aromatic carbocycles. The lowest BCUT2D eigenvalue weighted by molar-refractivity contribution is 0.254. The summed E-state index contributed by atoms with van der Waals surface area (Å²) in [5.74, 6) is 3.50. The maximum atomic E-state index is 5.93. The number of ether oxygens (including phenoxy) is 2. The van der Waals surface area contributed by atoms with E-state index >= 15 is 0 Å². The topological polar surface area (TPSA) is 58.1 Å². The van der Waals surface area contributed by atoms with Crippen LogP contribution in [0.15, 0.2) is 17.1 Å². The number of rotatable bonds is 7. The molecule has 3 aliphatic rings. The van der Waals surface area contributed by atoms with Crippen LogP contribution in [-0.2, 0) is 13.0 Å². The van der Waals surface area contributed by atoms with Crippen molar-refractivity contribution >= 4 is 5.96 Å². The Morgan fingerprint density at radius 1 is 1.29 bits per heavy atom. The van der Waals surface area contributed by atoms with Gasteiger partial charge in [0.25, 0.3) is 0 Å². The van der Waals surface area contributed by atoms with E-state index in [0.29, 0.717) is 19.1 Å². The van der Waals surface area contributed by atoms with Crippen molar-refractivity contribution in [2.75, 3.05) is 33.3 Å². The van der Waals surface area contributed by atoms with Crippen molar-refractivity contribution in [3.05, 3.63) is 23.3 Å². The summed E-state index contributed by atoms with van der Waals surface area (Å²) >= 11 is 0. The van der Waals surface area contributed by atoms with E-state index in [0.717, 1.165) is 42.0 Å². The van der Waals surface area contributed by atoms with Crippen LogP contribution in [0.5, 0.6) is 11.5 Å². The van der Waals surface area contributed by atoms with Gasteiger partial charge in [-0.2, -0.15) is 0 Å². The Kier molecular flexibility index (Phi) is 5.95. The average molecular weight is 387 g/mol. The van der Waals surface area contributed by atoms with Crippen molar-refractivity contribution in [1.29, 1.82) is 0 Å². The van der Waals surface area contributed by atoms with Crippen LogP contribution in [0.2, 0.25) is 0 Å². The zero-order valence-electron chi connectivity index (χ0n) is 17.5. The molecule has 0 spiro atoms. The number of nitrogens with one attached hydrogen (secondary N) is 2. The number of hydrogen-bond acceptors (Lipinski definition) is 4. The van der Waals surface area contributed by atoms with Crippen molar-refractivity contribution in [2.45, 2.75) is 58.2 Å². The number of benzene rings is 1. The molecule has 0 amide bonds. The summed E-state index contributed by atoms with van der Waals surface area (Å²) in [6.45, 7) is 8.92. The van der Waals surface area contributed by atoms with Gasteiger partial charge in [-0.1, -0.05) is 0 Å². The highest BCUT2D eigenvalue weighted by Crippen LogP contribution is 2.35. The zero-order chi connectivity index (χ0) is 19.5. The van der Waals surface area contributed by atoms with E-state index in [-0.39, 0.29) is 6.10 Å². The Morgan fingerprint density at radius 2 is 2.14 bits per heavy atom. The fourth-order valence-corrected chi connectivity index (χ4v) is 4.35. The predicted octanol–water partition coefficient (Wildman–Crippen LogP) is 2.56. The first-order chi connectivity index (χ1) is 13.7. The van der Waals surface area contributed by atoms with Crippen LogP contribution in [0.25, 0.3) is 0 Å². The molecule has 154 valence electrons. The molecular weight excluding hydrogens is 352 g/mol. The third kappa shape index (κ3) is 4.54. The third-order valence-corrected chi connectivity index (χ3v) is 5.99. The van der Waals surface area contributed by atoms with Gasteiger partial charge in [0, 0.05) is 50.3 Å². The lowest BCUT2D eigenvalue weighted by Gasteiger charge is -2.18. The fraction of sp³-hybridized carbons (Fsp3) is 0.682. The molecule has 4 rings (SSSR count). The molecule has 2 fully saturated rings. The fourth-order valence-electron chi connectivity index (χ4n) is 4.35. The summed E-state index contributed by atoms with van der Waals surface area (Å²) in [5, 5.41) is 6.96. The SMILES string of the molecule is CCOc1cc2c(cc1CNC(=NC)NCC1CCN(C3CC3)C1)OC(C)C2. The second-order valence-corrected chi connectivity index (χ2v) is 8.32. The normalized spacial score (nSPS) is 24.8. The van der Waals surface area contributed by atoms with Crippen molar-refractivity contribution in [3.8, 4) is 11.5 Å².